The topological polar surface area (TPSA) is 90.4 Å². The van der Waals surface area contributed by atoms with E-state index >= 15 is 0 Å². The van der Waals surface area contributed by atoms with E-state index in [2.05, 4.69) is 10.3 Å². The van der Waals surface area contributed by atoms with Crippen molar-refractivity contribution in [1.29, 1.82) is 0 Å². The van der Waals surface area contributed by atoms with Crippen molar-refractivity contribution in [2.24, 2.45) is 0 Å². The summed E-state index contributed by atoms with van der Waals surface area (Å²) in [4.78, 5) is 15.3. The molecule has 6 heteroatoms. The third-order valence-electron chi connectivity index (χ3n) is 2.36. The molecule has 3 N–H and O–H groups in total. The zero-order valence-corrected chi connectivity index (χ0v) is 10.1. The fourth-order valence-corrected chi connectivity index (χ4v) is 1.55. The molecule has 0 bridgehead atoms. The normalized spacial score (nSPS) is 10.5. The molecule has 0 aliphatic carbocycles. The van der Waals surface area contributed by atoms with Crippen molar-refractivity contribution in [3.63, 3.8) is 0 Å². The van der Waals surface area contributed by atoms with Gasteiger partial charge in [0.1, 0.15) is 5.52 Å². The Morgan fingerprint density at radius 2 is 2.39 bits per heavy atom. The number of nitrogens with two attached hydrogens (primary N) is 1. The summed E-state index contributed by atoms with van der Waals surface area (Å²) in [5.41, 5.74) is 7.57. The molecule has 1 heterocycles. The molecule has 18 heavy (non-hydrogen) atoms. The number of hydrogen-bond donors (Lipinski definition) is 2. The van der Waals surface area contributed by atoms with Crippen LogP contribution in [0.4, 0.5) is 11.7 Å². The fraction of sp³-hybridized carbons (Fsp3) is 0.333. The van der Waals surface area contributed by atoms with E-state index in [9.17, 15) is 4.79 Å². The van der Waals surface area contributed by atoms with Gasteiger partial charge in [0.05, 0.1) is 18.7 Å². The number of anilines is 2. The van der Waals surface area contributed by atoms with E-state index in [-0.39, 0.29) is 12.4 Å². The van der Waals surface area contributed by atoms with Crippen LogP contribution < -0.4 is 11.1 Å². The minimum Gasteiger partial charge on any atom is -0.466 e. The first kappa shape index (κ1) is 12.2. The molecule has 0 amide bonds. The third kappa shape index (κ3) is 2.71. The van der Waals surface area contributed by atoms with Gasteiger partial charge < -0.3 is 20.2 Å². The maximum Gasteiger partial charge on any atom is 0.307 e. The first-order valence-corrected chi connectivity index (χ1v) is 5.75. The molecule has 0 aliphatic heterocycles. The van der Waals surface area contributed by atoms with Gasteiger partial charge in [0.25, 0.3) is 6.01 Å². The zero-order valence-electron chi connectivity index (χ0n) is 10.1. The summed E-state index contributed by atoms with van der Waals surface area (Å²) in [6, 6.07) is 5.69. The molecule has 0 saturated heterocycles. The van der Waals surface area contributed by atoms with E-state index in [0.717, 1.165) is 0 Å². The number of rotatable bonds is 5. The number of benzene rings is 1. The molecule has 2 aromatic rings. The lowest BCUT2D eigenvalue weighted by Gasteiger charge is -2.01. The second kappa shape index (κ2) is 5.39. The standard InChI is InChI=1S/C12H15N3O3/c1-2-17-10(16)6-7-14-12-15-11-8(13)4-3-5-9(11)18-12/h3-5H,2,6-7,13H2,1H3,(H,14,15). The predicted octanol–water partition coefficient (Wildman–Crippen LogP) is 1.78. The number of carbonyl (C=O) groups is 1. The highest BCUT2D eigenvalue weighted by atomic mass is 16.5. The van der Waals surface area contributed by atoms with Gasteiger partial charge in [-0.1, -0.05) is 6.07 Å². The highest BCUT2D eigenvalue weighted by Gasteiger charge is 2.08. The second-order valence-electron chi connectivity index (χ2n) is 3.69. The van der Waals surface area contributed by atoms with Crippen LogP contribution in [0, 0.1) is 0 Å². The van der Waals surface area contributed by atoms with Crippen molar-refractivity contribution in [2.75, 3.05) is 24.2 Å². The first-order valence-electron chi connectivity index (χ1n) is 5.75. The molecule has 0 spiro atoms. The van der Waals surface area contributed by atoms with Gasteiger partial charge in [-0.25, -0.2) is 0 Å². The molecule has 0 atom stereocenters. The van der Waals surface area contributed by atoms with Gasteiger partial charge in [0, 0.05) is 6.54 Å². The number of oxazole rings is 1. The number of hydrogen-bond acceptors (Lipinski definition) is 6. The van der Waals surface area contributed by atoms with E-state index in [0.29, 0.717) is 36.0 Å². The molecular weight excluding hydrogens is 234 g/mol. The van der Waals surface area contributed by atoms with Crippen LogP contribution in [0.3, 0.4) is 0 Å². The highest BCUT2D eigenvalue weighted by molar-refractivity contribution is 5.86. The summed E-state index contributed by atoms with van der Waals surface area (Å²) in [6.45, 7) is 2.57. The monoisotopic (exact) mass is 249 g/mol. The summed E-state index contributed by atoms with van der Waals surface area (Å²) >= 11 is 0. The smallest absolute Gasteiger partial charge is 0.307 e. The lowest BCUT2D eigenvalue weighted by atomic mass is 10.3. The first-order chi connectivity index (χ1) is 8.70. The van der Waals surface area contributed by atoms with E-state index < -0.39 is 0 Å². The molecule has 0 unspecified atom stereocenters. The number of para-hydroxylation sites is 1. The molecule has 0 saturated carbocycles. The van der Waals surface area contributed by atoms with Gasteiger partial charge >= 0.3 is 5.97 Å². The van der Waals surface area contributed by atoms with Crippen molar-refractivity contribution in [3.8, 4) is 0 Å². The maximum atomic E-state index is 11.1. The van der Waals surface area contributed by atoms with Crippen LogP contribution in [-0.4, -0.2) is 24.1 Å². The van der Waals surface area contributed by atoms with Crippen LogP contribution in [0.15, 0.2) is 22.6 Å². The summed E-state index contributed by atoms with van der Waals surface area (Å²) in [5.74, 6) is -0.249. The van der Waals surface area contributed by atoms with Crippen molar-refractivity contribution in [2.45, 2.75) is 13.3 Å². The Hall–Kier alpha value is -2.24. The van der Waals surface area contributed by atoms with E-state index in [1.54, 1.807) is 25.1 Å². The lowest BCUT2D eigenvalue weighted by Crippen LogP contribution is -2.11. The van der Waals surface area contributed by atoms with Crippen molar-refractivity contribution >= 4 is 28.8 Å². The molecule has 1 aromatic carbocycles. The number of carbonyl (C=O) groups excluding carboxylic acids is 1. The number of nitrogen functional groups attached to an aromatic ring is 1. The Kier molecular flexibility index (Phi) is 3.66. The average Bonchev–Trinajstić information content (AvgIpc) is 2.74. The summed E-state index contributed by atoms with van der Waals surface area (Å²) < 4.78 is 10.2. The van der Waals surface area contributed by atoms with Crippen LogP contribution in [0.2, 0.25) is 0 Å². The van der Waals surface area contributed by atoms with E-state index in [4.69, 9.17) is 14.9 Å². The number of aromatic nitrogens is 1. The SMILES string of the molecule is CCOC(=O)CCNc1nc2c(N)cccc2o1. The molecule has 2 rings (SSSR count). The molecule has 6 nitrogen and oxygen atoms in total. The van der Waals surface area contributed by atoms with Crippen molar-refractivity contribution in [1.82, 2.24) is 4.98 Å². The van der Waals surface area contributed by atoms with Crippen LogP contribution in [0.25, 0.3) is 11.1 Å². The zero-order chi connectivity index (χ0) is 13.0. The van der Waals surface area contributed by atoms with Gasteiger partial charge in [-0.15, -0.1) is 0 Å². The molecule has 1 aromatic heterocycles. The van der Waals surface area contributed by atoms with Crippen molar-refractivity contribution < 1.29 is 13.9 Å². The lowest BCUT2D eigenvalue weighted by molar-refractivity contribution is -0.142. The van der Waals surface area contributed by atoms with Gasteiger partial charge in [0.2, 0.25) is 0 Å². The highest BCUT2D eigenvalue weighted by Crippen LogP contribution is 2.23. The van der Waals surface area contributed by atoms with Crippen LogP contribution in [0.1, 0.15) is 13.3 Å². The molecular formula is C12H15N3O3. The molecule has 0 fully saturated rings. The van der Waals surface area contributed by atoms with Crippen LogP contribution in [0.5, 0.6) is 0 Å². The summed E-state index contributed by atoms with van der Waals surface area (Å²) in [6.07, 6.45) is 0.266. The third-order valence-corrected chi connectivity index (χ3v) is 2.36. The summed E-state index contributed by atoms with van der Waals surface area (Å²) in [7, 11) is 0. The predicted molar refractivity (Wildman–Crippen MR) is 68.2 cm³/mol. The van der Waals surface area contributed by atoms with Gasteiger partial charge in [-0.05, 0) is 19.1 Å². The van der Waals surface area contributed by atoms with Gasteiger partial charge in [-0.3, -0.25) is 4.79 Å². The second-order valence-corrected chi connectivity index (χ2v) is 3.69. The van der Waals surface area contributed by atoms with Crippen molar-refractivity contribution in [3.05, 3.63) is 18.2 Å². The Morgan fingerprint density at radius 1 is 1.56 bits per heavy atom. The minimum atomic E-state index is -0.249. The number of esters is 1. The van der Waals surface area contributed by atoms with Crippen LogP contribution in [-0.2, 0) is 9.53 Å². The Bertz CT molecular complexity index is 550. The Labute approximate surface area is 104 Å². The Morgan fingerprint density at radius 3 is 3.11 bits per heavy atom. The van der Waals surface area contributed by atoms with E-state index in [1.165, 1.54) is 0 Å². The quantitative estimate of drug-likeness (QED) is 0.620. The number of fused-ring (bicyclic) bond motifs is 1. The molecule has 96 valence electrons. The van der Waals surface area contributed by atoms with Gasteiger partial charge in [-0.2, -0.15) is 4.98 Å². The minimum absolute atomic E-state index is 0.249. The number of nitrogens with zero attached hydrogens (tertiary/aromatic N) is 1. The number of ether oxygens (including phenoxy) is 1. The van der Waals surface area contributed by atoms with Gasteiger partial charge in [0.15, 0.2) is 5.58 Å². The number of nitrogens with one attached hydrogen (secondary N) is 1. The largest absolute Gasteiger partial charge is 0.466 e. The summed E-state index contributed by atoms with van der Waals surface area (Å²) in [5, 5.41) is 2.92. The Balaban J connectivity index is 1.96. The molecule has 0 aliphatic rings. The maximum absolute atomic E-state index is 11.1. The van der Waals surface area contributed by atoms with Crippen LogP contribution >= 0.6 is 0 Å². The molecule has 0 radical (unpaired) electrons. The fourth-order valence-electron chi connectivity index (χ4n) is 1.55. The average molecular weight is 249 g/mol. The van der Waals surface area contributed by atoms with E-state index in [1.807, 2.05) is 0 Å².